The van der Waals surface area contributed by atoms with Crippen LogP contribution in [0.3, 0.4) is 0 Å². The summed E-state index contributed by atoms with van der Waals surface area (Å²) < 4.78 is 6.37. The summed E-state index contributed by atoms with van der Waals surface area (Å²) in [6.07, 6.45) is 7.07. The van der Waals surface area contributed by atoms with Gasteiger partial charge >= 0.3 is 0 Å². The van der Waals surface area contributed by atoms with E-state index in [-0.39, 0.29) is 0 Å². The summed E-state index contributed by atoms with van der Waals surface area (Å²) in [5.41, 5.74) is 2.64. The van der Waals surface area contributed by atoms with E-state index in [0.29, 0.717) is 0 Å². The number of ether oxygens (including phenoxy) is 1. The molecular formula is C24H34O. The minimum absolute atomic E-state index is 0.760. The Morgan fingerprint density at radius 2 is 1.08 bits per heavy atom. The standard InChI is InChI=1S/C24H34O/c1-5-19(3)15-17-21-11-7-9-13-23(21)25-24-14-10-8-12-22(24)18-16-20(4)6-2/h7-14,19-20H,5-6,15-18H2,1-4H3. The second-order valence-corrected chi connectivity index (χ2v) is 7.42. The predicted molar refractivity (Wildman–Crippen MR) is 109 cm³/mol. The summed E-state index contributed by atoms with van der Waals surface area (Å²) in [5.74, 6) is 3.55. The van der Waals surface area contributed by atoms with Crippen molar-refractivity contribution in [2.75, 3.05) is 0 Å². The average molecular weight is 339 g/mol. The number of hydrogen-bond acceptors (Lipinski definition) is 1. The van der Waals surface area contributed by atoms with Crippen molar-refractivity contribution in [3.05, 3.63) is 59.7 Å². The minimum Gasteiger partial charge on any atom is -0.457 e. The van der Waals surface area contributed by atoms with Gasteiger partial charge in [0.05, 0.1) is 0 Å². The third kappa shape index (κ3) is 6.23. The summed E-state index contributed by atoms with van der Waals surface area (Å²) in [7, 11) is 0. The van der Waals surface area contributed by atoms with Crippen LogP contribution in [0.1, 0.15) is 64.5 Å². The molecule has 0 fully saturated rings. The average Bonchev–Trinajstić information content (AvgIpc) is 2.66. The Hall–Kier alpha value is -1.76. The Bertz CT molecular complexity index is 576. The number of hydrogen-bond donors (Lipinski definition) is 0. The Labute approximate surface area is 154 Å². The molecule has 1 heteroatoms. The van der Waals surface area contributed by atoms with Crippen molar-refractivity contribution in [2.24, 2.45) is 11.8 Å². The van der Waals surface area contributed by atoms with Gasteiger partial charge in [-0.25, -0.2) is 0 Å². The van der Waals surface area contributed by atoms with Gasteiger partial charge in [0.15, 0.2) is 0 Å². The first-order chi connectivity index (χ1) is 12.1. The minimum atomic E-state index is 0.760. The molecule has 2 aromatic rings. The molecule has 0 heterocycles. The fourth-order valence-corrected chi connectivity index (χ4v) is 2.95. The summed E-state index contributed by atoms with van der Waals surface area (Å²) in [6.45, 7) is 9.18. The quantitative estimate of drug-likeness (QED) is 0.437. The van der Waals surface area contributed by atoms with Gasteiger partial charge in [0.1, 0.15) is 11.5 Å². The molecule has 0 aromatic heterocycles. The molecule has 2 atom stereocenters. The van der Waals surface area contributed by atoms with Crippen molar-refractivity contribution in [1.29, 1.82) is 0 Å². The van der Waals surface area contributed by atoms with Crippen molar-refractivity contribution in [1.82, 2.24) is 0 Å². The van der Waals surface area contributed by atoms with Gasteiger partial charge in [-0.15, -0.1) is 0 Å². The maximum atomic E-state index is 6.37. The topological polar surface area (TPSA) is 9.23 Å². The third-order valence-corrected chi connectivity index (χ3v) is 5.37. The van der Waals surface area contributed by atoms with Crippen molar-refractivity contribution in [3.63, 3.8) is 0 Å². The largest absolute Gasteiger partial charge is 0.457 e. The summed E-state index contributed by atoms with van der Waals surface area (Å²) in [6, 6.07) is 17.0. The van der Waals surface area contributed by atoms with Gasteiger partial charge in [-0.05, 0) is 60.8 Å². The van der Waals surface area contributed by atoms with Gasteiger partial charge in [-0.3, -0.25) is 0 Å². The van der Waals surface area contributed by atoms with E-state index in [1.54, 1.807) is 0 Å². The lowest BCUT2D eigenvalue weighted by molar-refractivity contribution is 0.454. The van der Waals surface area contributed by atoms with Crippen LogP contribution < -0.4 is 4.74 Å². The fourth-order valence-electron chi connectivity index (χ4n) is 2.95. The maximum absolute atomic E-state index is 6.37. The van der Waals surface area contributed by atoms with Gasteiger partial charge < -0.3 is 4.74 Å². The van der Waals surface area contributed by atoms with Crippen LogP contribution in [0.15, 0.2) is 48.5 Å². The zero-order valence-electron chi connectivity index (χ0n) is 16.4. The molecule has 0 amide bonds. The highest BCUT2D eigenvalue weighted by molar-refractivity contribution is 5.41. The highest BCUT2D eigenvalue weighted by Gasteiger charge is 2.10. The number of para-hydroxylation sites is 2. The van der Waals surface area contributed by atoms with Crippen molar-refractivity contribution in [3.8, 4) is 11.5 Å². The second-order valence-electron chi connectivity index (χ2n) is 7.42. The molecule has 0 aliphatic carbocycles. The van der Waals surface area contributed by atoms with Crippen LogP contribution in [-0.2, 0) is 12.8 Å². The molecule has 0 spiro atoms. The van der Waals surface area contributed by atoms with Crippen LogP contribution in [0, 0.1) is 11.8 Å². The molecule has 0 aliphatic rings. The first-order valence-electron chi connectivity index (χ1n) is 9.97. The first-order valence-corrected chi connectivity index (χ1v) is 9.97. The van der Waals surface area contributed by atoms with Crippen molar-refractivity contribution < 1.29 is 4.74 Å². The Morgan fingerprint density at radius 3 is 1.48 bits per heavy atom. The van der Waals surface area contributed by atoms with Gasteiger partial charge in [0, 0.05) is 0 Å². The maximum Gasteiger partial charge on any atom is 0.130 e. The van der Waals surface area contributed by atoms with Gasteiger partial charge in [0.25, 0.3) is 0 Å². The monoisotopic (exact) mass is 338 g/mol. The predicted octanol–water partition coefficient (Wildman–Crippen LogP) is 7.44. The van der Waals surface area contributed by atoms with E-state index in [4.69, 9.17) is 4.74 Å². The first kappa shape index (κ1) is 19.6. The lowest BCUT2D eigenvalue weighted by atomic mass is 9.98. The molecule has 2 rings (SSSR count). The molecule has 2 unspecified atom stereocenters. The Balaban J connectivity index is 2.11. The van der Waals surface area contributed by atoms with E-state index in [9.17, 15) is 0 Å². The zero-order chi connectivity index (χ0) is 18.1. The lowest BCUT2D eigenvalue weighted by Gasteiger charge is -2.16. The van der Waals surface area contributed by atoms with Crippen LogP contribution in [-0.4, -0.2) is 0 Å². The molecule has 25 heavy (non-hydrogen) atoms. The molecule has 0 saturated carbocycles. The van der Waals surface area contributed by atoms with Crippen LogP contribution in [0.5, 0.6) is 11.5 Å². The smallest absolute Gasteiger partial charge is 0.130 e. The SMILES string of the molecule is CCC(C)CCc1ccccc1Oc1ccccc1CCC(C)CC. The Kier molecular flexibility index (Phi) is 8.04. The highest BCUT2D eigenvalue weighted by atomic mass is 16.5. The van der Waals surface area contributed by atoms with Gasteiger partial charge in [-0.2, -0.15) is 0 Å². The summed E-state index contributed by atoms with van der Waals surface area (Å²) in [5, 5.41) is 0. The summed E-state index contributed by atoms with van der Waals surface area (Å²) >= 11 is 0. The van der Waals surface area contributed by atoms with Gasteiger partial charge in [0.2, 0.25) is 0 Å². The number of rotatable bonds is 10. The molecule has 1 nitrogen and oxygen atoms in total. The number of benzene rings is 2. The van der Waals surface area contributed by atoms with Crippen molar-refractivity contribution in [2.45, 2.75) is 66.2 Å². The molecular weight excluding hydrogens is 304 g/mol. The summed E-state index contributed by atoms with van der Waals surface area (Å²) in [4.78, 5) is 0. The van der Waals surface area contributed by atoms with Crippen LogP contribution in [0.25, 0.3) is 0 Å². The molecule has 2 aromatic carbocycles. The second kappa shape index (κ2) is 10.3. The third-order valence-electron chi connectivity index (χ3n) is 5.37. The normalized spacial score (nSPS) is 13.4. The molecule has 0 bridgehead atoms. The van der Waals surface area contributed by atoms with E-state index in [0.717, 1.165) is 36.2 Å². The van der Waals surface area contributed by atoms with E-state index in [2.05, 4.69) is 76.2 Å². The molecule has 0 saturated heterocycles. The van der Waals surface area contributed by atoms with Gasteiger partial charge in [-0.1, -0.05) is 76.9 Å². The van der Waals surface area contributed by atoms with E-state index in [1.807, 2.05) is 0 Å². The highest BCUT2D eigenvalue weighted by Crippen LogP contribution is 2.30. The van der Waals surface area contributed by atoms with Crippen LogP contribution >= 0.6 is 0 Å². The van der Waals surface area contributed by atoms with Crippen LogP contribution in [0.4, 0.5) is 0 Å². The zero-order valence-corrected chi connectivity index (χ0v) is 16.4. The molecule has 136 valence electrons. The van der Waals surface area contributed by atoms with E-state index in [1.165, 1.54) is 36.8 Å². The van der Waals surface area contributed by atoms with E-state index < -0.39 is 0 Å². The Morgan fingerprint density at radius 1 is 0.680 bits per heavy atom. The fraction of sp³-hybridized carbons (Fsp3) is 0.500. The molecule has 0 N–H and O–H groups in total. The molecule has 0 aliphatic heterocycles. The lowest BCUT2D eigenvalue weighted by Crippen LogP contribution is -2.00. The molecule has 0 radical (unpaired) electrons. The van der Waals surface area contributed by atoms with Crippen LogP contribution in [0.2, 0.25) is 0 Å². The van der Waals surface area contributed by atoms with E-state index >= 15 is 0 Å². The number of aryl methyl sites for hydroxylation is 2. The van der Waals surface area contributed by atoms with Crippen molar-refractivity contribution >= 4 is 0 Å².